The van der Waals surface area contributed by atoms with Crippen LogP contribution in [0.15, 0.2) is 39.5 Å². The van der Waals surface area contributed by atoms with E-state index in [0.29, 0.717) is 17.1 Å². The summed E-state index contributed by atoms with van der Waals surface area (Å²) in [6.45, 7) is 1.88. The lowest BCUT2D eigenvalue weighted by atomic mass is 10.1. The largest absolute Gasteiger partial charge is 0.505 e. The Labute approximate surface area is 108 Å². The van der Waals surface area contributed by atoms with Crippen LogP contribution in [0.4, 0.5) is 5.69 Å². The van der Waals surface area contributed by atoms with Gasteiger partial charge in [0.2, 0.25) is 5.82 Å². The molecule has 3 rings (SSSR count). The van der Waals surface area contributed by atoms with Gasteiger partial charge in [-0.25, -0.2) is 0 Å². The Morgan fingerprint density at radius 1 is 1.26 bits per heavy atom. The van der Waals surface area contributed by atoms with Crippen molar-refractivity contribution >= 4 is 5.69 Å². The number of nitrogen functional groups attached to an aromatic ring is 1. The van der Waals surface area contributed by atoms with Crippen LogP contribution in [0.1, 0.15) is 5.56 Å². The molecule has 3 aromatic rings. The van der Waals surface area contributed by atoms with Crippen LogP contribution in [0.2, 0.25) is 0 Å². The molecule has 6 heteroatoms. The van der Waals surface area contributed by atoms with Gasteiger partial charge in [-0.1, -0.05) is 11.2 Å². The van der Waals surface area contributed by atoms with E-state index in [2.05, 4.69) is 10.1 Å². The monoisotopic (exact) mass is 257 g/mol. The molecule has 1 aromatic carbocycles. The number of hydrogen-bond acceptors (Lipinski definition) is 6. The molecule has 19 heavy (non-hydrogen) atoms. The maximum Gasteiger partial charge on any atom is 0.262 e. The van der Waals surface area contributed by atoms with Gasteiger partial charge in [0, 0.05) is 0 Å². The Kier molecular flexibility index (Phi) is 2.49. The average molecular weight is 257 g/mol. The number of phenols is 1. The second-order valence-corrected chi connectivity index (χ2v) is 4.10. The highest BCUT2D eigenvalue weighted by Gasteiger charge is 2.17. The first-order chi connectivity index (χ1) is 9.16. The number of aryl methyl sites for hydroxylation is 1. The smallest absolute Gasteiger partial charge is 0.262 e. The molecule has 0 saturated heterocycles. The summed E-state index contributed by atoms with van der Waals surface area (Å²) in [4.78, 5) is 4.20. The van der Waals surface area contributed by atoms with Crippen LogP contribution in [-0.2, 0) is 0 Å². The molecule has 0 unspecified atom stereocenters. The van der Waals surface area contributed by atoms with Gasteiger partial charge in [0.25, 0.3) is 5.89 Å². The van der Waals surface area contributed by atoms with Crippen LogP contribution in [-0.4, -0.2) is 15.2 Å². The molecular weight excluding hydrogens is 246 g/mol. The predicted octanol–water partition coefficient (Wildman–Crippen LogP) is 2.59. The summed E-state index contributed by atoms with van der Waals surface area (Å²) < 4.78 is 10.4. The van der Waals surface area contributed by atoms with E-state index in [0.717, 1.165) is 5.56 Å². The lowest BCUT2D eigenvalue weighted by Crippen LogP contribution is -1.88. The lowest BCUT2D eigenvalue weighted by molar-refractivity contribution is 0.424. The van der Waals surface area contributed by atoms with Gasteiger partial charge in [-0.3, -0.25) is 0 Å². The van der Waals surface area contributed by atoms with Gasteiger partial charge in [-0.05, 0) is 30.7 Å². The van der Waals surface area contributed by atoms with Gasteiger partial charge in [0.05, 0.1) is 17.5 Å². The summed E-state index contributed by atoms with van der Waals surface area (Å²) in [7, 11) is 0. The van der Waals surface area contributed by atoms with E-state index < -0.39 is 0 Å². The first-order valence-electron chi connectivity index (χ1n) is 5.63. The molecular formula is C13H11N3O3. The van der Waals surface area contributed by atoms with E-state index in [-0.39, 0.29) is 17.3 Å². The van der Waals surface area contributed by atoms with Crippen molar-refractivity contribution in [2.24, 2.45) is 0 Å². The summed E-state index contributed by atoms with van der Waals surface area (Å²) >= 11 is 0. The fourth-order valence-electron chi connectivity index (χ4n) is 1.76. The number of nitrogens with zero attached hydrogens (tertiary/aromatic N) is 2. The van der Waals surface area contributed by atoms with Crippen LogP contribution in [0, 0.1) is 6.92 Å². The number of para-hydroxylation sites is 1. The van der Waals surface area contributed by atoms with Crippen molar-refractivity contribution in [3.63, 3.8) is 0 Å². The first kappa shape index (κ1) is 11.3. The van der Waals surface area contributed by atoms with E-state index in [4.69, 9.17) is 14.7 Å². The molecule has 2 aromatic heterocycles. The molecule has 0 fully saturated rings. The van der Waals surface area contributed by atoms with Crippen molar-refractivity contribution in [2.45, 2.75) is 6.92 Å². The Hall–Kier alpha value is -2.76. The van der Waals surface area contributed by atoms with Gasteiger partial charge < -0.3 is 19.8 Å². The maximum absolute atomic E-state index is 9.87. The van der Waals surface area contributed by atoms with Crippen LogP contribution in [0.5, 0.6) is 5.75 Å². The zero-order valence-electron chi connectivity index (χ0n) is 10.1. The van der Waals surface area contributed by atoms with Crippen molar-refractivity contribution in [1.82, 2.24) is 10.1 Å². The van der Waals surface area contributed by atoms with Crippen molar-refractivity contribution in [3.8, 4) is 28.8 Å². The topological polar surface area (TPSA) is 98.3 Å². The van der Waals surface area contributed by atoms with Crippen molar-refractivity contribution in [1.29, 1.82) is 0 Å². The Morgan fingerprint density at radius 3 is 2.84 bits per heavy atom. The zero-order valence-corrected chi connectivity index (χ0v) is 10.1. The zero-order chi connectivity index (χ0) is 13.4. The minimum Gasteiger partial charge on any atom is -0.505 e. The van der Waals surface area contributed by atoms with Crippen LogP contribution in [0.3, 0.4) is 0 Å². The van der Waals surface area contributed by atoms with Gasteiger partial charge >= 0.3 is 0 Å². The SMILES string of the molecule is Cc1ccoc1-c1noc(-c2cccc(N)c2O)n1. The third kappa shape index (κ3) is 1.83. The van der Waals surface area contributed by atoms with Gasteiger partial charge in [0.1, 0.15) is 0 Å². The van der Waals surface area contributed by atoms with Crippen LogP contribution >= 0.6 is 0 Å². The molecule has 0 radical (unpaired) electrons. The molecule has 3 N–H and O–H groups in total. The Balaban J connectivity index is 2.07. The number of hydrogen-bond donors (Lipinski definition) is 2. The highest BCUT2D eigenvalue weighted by Crippen LogP contribution is 2.33. The highest BCUT2D eigenvalue weighted by molar-refractivity contribution is 5.72. The summed E-state index contributed by atoms with van der Waals surface area (Å²) in [5, 5.41) is 13.7. The molecule has 0 spiro atoms. The number of aromatic hydroxyl groups is 1. The third-order valence-corrected chi connectivity index (χ3v) is 2.79. The van der Waals surface area contributed by atoms with E-state index in [1.54, 1.807) is 24.5 Å². The lowest BCUT2D eigenvalue weighted by Gasteiger charge is -2.01. The van der Waals surface area contributed by atoms with Gasteiger partial charge in [-0.15, -0.1) is 0 Å². The second-order valence-electron chi connectivity index (χ2n) is 4.10. The number of aromatic nitrogens is 2. The number of benzene rings is 1. The van der Waals surface area contributed by atoms with E-state index in [9.17, 15) is 5.11 Å². The first-order valence-corrected chi connectivity index (χ1v) is 5.63. The fraction of sp³-hybridized carbons (Fsp3) is 0.0769. The van der Waals surface area contributed by atoms with Crippen molar-refractivity contribution < 1.29 is 14.0 Å². The number of furan rings is 1. The maximum atomic E-state index is 9.87. The Bertz CT molecular complexity index is 730. The molecule has 0 bridgehead atoms. The molecule has 0 amide bonds. The van der Waals surface area contributed by atoms with Crippen molar-refractivity contribution in [3.05, 3.63) is 36.1 Å². The standard InChI is InChI=1S/C13H11N3O3/c1-7-5-6-18-11(7)12-15-13(19-16-12)8-3-2-4-9(14)10(8)17/h2-6,17H,14H2,1H3. The van der Waals surface area contributed by atoms with E-state index in [1.165, 1.54) is 0 Å². The molecule has 0 atom stereocenters. The normalized spacial score (nSPS) is 10.8. The van der Waals surface area contributed by atoms with E-state index in [1.807, 2.05) is 13.0 Å². The van der Waals surface area contributed by atoms with E-state index >= 15 is 0 Å². The molecule has 96 valence electrons. The predicted molar refractivity (Wildman–Crippen MR) is 68.3 cm³/mol. The quantitative estimate of drug-likeness (QED) is 0.540. The molecule has 2 heterocycles. The highest BCUT2D eigenvalue weighted by atomic mass is 16.5. The Morgan fingerprint density at radius 2 is 2.11 bits per heavy atom. The number of rotatable bonds is 2. The third-order valence-electron chi connectivity index (χ3n) is 2.79. The summed E-state index contributed by atoms with van der Waals surface area (Å²) in [6.07, 6.45) is 1.55. The number of phenolic OH excluding ortho intramolecular Hbond substituents is 1. The molecule has 0 aliphatic rings. The fourth-order valence-corrected chi connectivity index (χ4v) is 1.76. The molecule has 0 saturated carbocycles. The number of anilines is 1. The summed E-state index contributed by atoms with van der Waals surface area (Å²) in [6, 6.07) is 6.75. The summed E-state index contributed by atoms with van der Waals surface area (Å²) in [5.74, 6) is 0.988. The average Bonchev–Trinajstić information content (AvgIpc) is 3.01. The molecule has 0 aliphatic carbocycles. The number of nitrogens with two attached hydrogens (primary N) is 1. The van der Waals surface area contributed by atoms with Crippen LogP contribution < -0.4 is 5.73 Å². The van der Waals surface area contributed by atoms with Crippen LogP contribution in [0.25, 0.3) is 23.0 Å². The van der Waals surface area contributed by atoms with Crippen molar-refractivity contribution in [2.75, 3.05) is 5.73 Å². The van der Waals surface area contributed by atoms with Gasteiger partial charge in [-0.2, -0.15) is 4.98 Å². The summed E-state index contributed by atoms with van der Waals surface area (Å²) in [5.41, 5.74) is 7.18. The molecule has 6 nitrogen and oxygen atoms in total. The van der Waals surface area contributed by atoms with Gasteiger partial charge in [0.15, 0.2) is 11.5 Å². The minimum atomic E-state index is -0.0751. The minimum absolute atomic E-state index is 0.0751. The molecule has 0 aliphatic heterocycles. The second kappa shape index (κ2) is 4.16.